The van der Waals surface area contributed by atoms with Gasteiger partial charge < -0.3 is 10.1 Å². The van der Waals surface area contributed by atoms with Crippen LogP contribution in [0.5, 0.6) is 0 Å². The van der Waals surface area contributed by atoms with Gasteiger partial charge in [-0.25, -0.2) is 0 Å². The van der Waals surface area contributed by atoms with Gasteiger partial charge in [-0.3, -0.25) is 0 Å². The van der Waals surface area contributed by atoms with Crippen LogP contribution in [0.3, 0.4) is 0 Å². The van der Waals surface area contributed by atoms with Crippen LogP contribution in [-0.4, -0.2) is 31.2 Å². The third kappa shape index (κ3) is 3.30. The van der Waals surface area contributed by atoms with Crippen LogP contribution in [0.25, 0.3) is 0 Å². The van der Waals surface area contributed by atoms with Gasteiger partial charge >= 0.3 is 0 Å². The van der Waals surface area contributed by atoms with Gasteiger partial charge in [-0.05, 0) is 32.7 Å². The molecule has 1 saturated carbocycles. The van der Waals surface area contributed by atoms with Crippen molar-refractivity contribution in [2.24, 2.45) is 0 Å². The second-order valence-corrected chi connectivity index (χ2v) is 3.66. The molecule has 0 aromatic carbocycles. The van der Waals surface area contributed by atoms with E-state index in [0.29, 0.717) is 5.54 Å². The van der Waals surface area contributed by atoms with Crippen molar-refractivity contribution in [3.8, 4) is 0 Å². The highest BCUT2D eigenvalue weighted by molar-refractivity contribution is 6.18. The van der Waals surface area contributed by atoms with E-state index in [0.717, 1.165) is 32.1 Å². The van der Waals surface area contributed by atoms with Gasteiger partial charge in [0.15, 0.2) is 0 Å². The lowest BCUT2D eigenvalue weighted by atomic mass is 10.3. The van der Waals surface area contributed by atoms with Crippen molar-refractivity contribution in [1.29, 1.82) is 0 Å². The number of halogens is 1. The van der Waals surface area contributed by atoms with Crippen molar-refractivity contribution in [2.45, 2.75) is 31.7 Å². The molecule has 0 amide bonds. The first-order valence-electron chi connectivity index (χ1n) is 4.72. The molecule has 0 aliphatic heterocycles. The molecule has 1 aliphatic carbocycles. The quantitative estimate of drug-likeness (QED) is 0.489. The minimum absolute atomic E-state index is 0.299. The predicted octanol–water partition coefficient (Wildman–Crippen LogP) is 1.77. The molecule has 1 N–H and O–H groups in total. The Bertz CT molecular complexity index is 126. The zero-order valence-electron chi connectivity index (χ0n) is 7.74. The third-order valence-corrected chi connectivity index (χ3v) is 2.79. The molecule has 0 radical (unpaired) electrons. The van der Waals surface area contributed by atoms with Crippen LogP contribution in [0, 0.1) is 0 Å². The van der Waals surface area contributed by atoms with Gasteiger partial charge in [-0.1, -0.05) is 0 Å². The summed E-state index contributed by atoms with van der Waals surface area (Å²) in [6.07, 6.45) is 3.57. The van der Waals surface area contributed by atoms with Gasteiger partial charge in [-0.2, -0.15) is 0 Å². The monoisotopic (exact) mass is 191 g/mol. The topological polar surface area (TPSA) is 21.3 Å². The predicted molar refractivity (Wildman–Crippen MR) is 51.8 cm³/mol. The summed E-state index contributed by atoms with van der Waals surface area (Å²) in [5.74, 6) is 0.752. The minimum atomic E-state index is 0.299. The summed E-state index contributed by atoms with van der Waals surface area (Å²) in [6.45, 7) is 4.74. The molecule has 0 saturated heterocycles. The Morgan fingerprint density at radius 3 is 2.75 bits per heavy atom. The first kappa shape index (κ1) is 10.3. The van der Waals surface area contributed by atoms with Crippen LogP contribution < -0.4 is 5.32 Å². The van der Waals surface area contributed by atoms with Gasteiger partial charge in [0.25, 0.3) is 0 Å². The first-order chi connectivity index (χ1) is 5.83. The molecule has 0 atom stereocenters. The molecule has 0 bridgehead atoms. The van der Waals surface area contributed by atoms with Crippen LogP contribution in [0.4, 0.5) is 0 Å². The Kier molecular flexibility index (Phi) is 4.33. The zero-order valence-corrected chi connectivity index (χ0v) is 8.49. The van der Waals surface area contributed by atoms with Crippen molar-refractivity contribution in [3.63, 3.8) is 0 Å². The van der Waals surface area contributed by atoms with Gasteiger partial charge in [0.2, 0.25) is 0 Å². The van der Waals surface area contributed by atoms with E-state index in [2.05, 4.69) is 5.32 Å². The maximum absolute atomic E-state index is 5.80. The standard InChI is InChI=1S/C9H18ClNO/c1-2-12-7-3-6-11-9(8-10)4-5-9/h11H,2-8H2,1H3. The summed E-state index contributed by atoms with van der Waals surface area (Å²) >= 11 is 5.80. The number of rotatable bonds is 7. The van der Waals surface area contributed by atoms with E-state index in [1.807, 2.05) is 6.92 Å². The molecule has 0 aromatic rings. The van der Waals surface area contributed by atoms with Crippen LogP contribution in [0.1, 0.15) is 26.2 Å². The Morgan fingerprint density at radius 1 is 1.50 bits per heavy atom. The maximum Gasteiger partial charge on any atom is 0.0477 e. The van der Waals surface area contributed by atoms with E-state index in [1.54, 1.807) is 0 Å². The van der Waals surface area contributed by atoms with Crippen molar-refractivity contribution < 1.29 is 4.74 Å². The Hall–Kier alpha value is 0.210. The maximum atomic E-state index is 5.80. The normalized spacial score (nSPS) is 19.5. The van der Waals surface area contributed by atoms with E-state index in [4.69, 9.17) is 16.3 Å². The molecular weight excluding hydrogens is 174 g/mol. The summed E-state index contributed by atoms with van der Waals surface area (Å²) < 4.78 is 5.23. The number of hydrogen-bond donors (Lipinski definition) is 1. The highest BCUT2D eigenvalue weighted by atomic mass is 35.5. The number of hydrogen-bond acceptors (Lipinski definition) is 2. The van der Waals surface area contributed by atoms with Crippen molar-refractivity contribution in [3.05, 3.63) is 0 Å². The molecule has 72 valence electrons. The number of alkyl halides is 1. The van der Waals surface area contributed by atoms with Gasteiger partial charge in [0, 0.05) is 24.6 Å². The minimum Gasteiger partial charge on any atom is -0.382 e. The highest BCUT2D eigenvalue weighted by Gasteiger charge is 2.40. The van der Waals surface area contributed by atoms with Gasteiger partial charge in [-0.15, -0.1) is 11.6 Å². The fourth-order valence-corrected chi connectivity index (χ4v) is 1.54. The van der Waals surface area contributed by atoms with Crippen LogP contribution in [0.15, 0.2) is 0 Å². The molecule has 1 rings (SSSR count). The van der Waals surface area contributed by atoms with Crippen LogP contribution in [0.2, 0.25) is 0 Å². The fraction of sp³-hybridized carbons (Fsp3) is 1.00. The van der Waals surface area contributed by atoms with Gasteiger partial charge in [0.1, 0.15) is 0 Å². The SMILES string of the molecule is CCOCCCNC1(CCl)CC1. The molecule has 0 spiro atoms. The summed E-state index contributed by atoms with van der Waals surface area (Å²) in [5.41, 5.74) is 0.299. The van der Waals surface area contributed by atoms with Crippen molar-refractivity contribution in [2.75, 3.05) is 25.6 Å². The average molecular weight is 192 g/mol. The molecule has 1 aliphatic rings. The van der Waals surface area contributed by atoms with Gasteiger partial charge in [0.05, 0.1) is 0 Å². The molecule has 2 nitrogen and oxygen atoms in total. The average Bonchev–Trinajstić information content (AvgIpc) is 2.85. The van der Waals surface area contributed by atoms with E-state index < -0.39 is 0 Å². The molecule has 12 heavy (non-hydrogen) atoms. The van der Waals surface area contributed by atoms with E-state index in [-0.39, 0.29) is 0 Å². The Balaban J connectivity index is 1.89. The lowest BCUT2D eigenvalue weighted by molar-refractivity contribution is 0.144. The molecule has 0 unspecified atom stereocenters. The molecule has 3 heteroatoms. The highest BCUT2D eigenvalue weighted by Crippen LogP contribution is 2.36. The summed E-state index contributed by atoms with van der Waals surface area (Å²) in [4.78, 5) is 0. The molecule has 1 fully saturated rings. The van der Waals surface area contributed by atoms with E-state index in [1.165, 1.54) is 12.8 Å². The first-order valence-corrected chi connectivity index (χ1v) is 5.25. The Labute approximate surface area is 79.6 Å². The molecular formula is C9H18ClNO. The second-order valence-electron chi connectivity index (χ2n) is 3.39. The summed E-state index contributed by atoms with van der Waals surface area (Å²) in [5, 5.41) is 3.47. The second kappa shape index (κ2) is 5.05. The van der Waals surface area contributed by atoms with E-state index >= 15 is 0 Å². The molecule has 0 heterocycles. The zero-order chi connectivity index (χ0) is 8.86. The largest absolute Gasteiger partial charge is 0.382 e. The van der Waals surface area contributed by atoms with Crippen molar-refractivity contribution >= 4 is 11.6 Å². The third-order valence-electron chi connectivity index (χ3n) is 2.28. The fourth-order valence-electron chi connectivity index (χ4n) is 1.18. The summed E-state index contributed by atoms with van der Waals surface area (Å²) in [7, 11) is 0. The number of ether oxygens (including phenoxy) is 1. The summed E-state index contributed by atoms with van der Waals surface area (Å²) in [6, 6.07) is 0. The lowest BCUT2D eigenvalue weighted by Crippen LogP contribution is -2.34. The van der Waals surface area contributed by atoms with Crippen LogP contribution in [-0.2, 0) is 4.74 Å². The molecule has 0 aromatic heterocycles. The Morgan fingerprint density at radius 2 is 2.25 bits per heavy atom. The lowest BCUT2D eigenvalue weighted by Gasteiger charge is -2.13. The van der Waals surface area contributed by atoms with E-state index in [9.17, 15) is 0 Å². The van der Waals surface area contributed by atoms with Crippen LogP contribution >= 0.6 is 11.6 Å². The smallest absolute Gasteiger partial charge is 0.0477 e. The number of nitrogens with one attached hydrogen (secondary N) is 1. The van der Waals surface area contributed by atoms with Crippen molar-refractivity contribution in [1.82, 2.24) is 5.32 Å².